The van der Waals surface area contributed by atoms with E-state index >= 15 is 0 Å². The molecule has 1 aliphatic rings. The fourth-order valence-electron chi connectivity index (χ4n) is 2.02. The molecule has 0 aromatic heterocycles. The maximum absolute atomic E-state index is 13.1. The zero-order chi connectivity index (χ0) is 14.3. The van der Waals surface area contributed by atoms with Gasteiger partial charge in [-0.3, -0.25) is 0 Å². The number of nitrogens with one attached hydrogen (secondary N) is 1. The van der Waals surface area contributed by atoms with Gasteiger partial charge in [0, 0.05) is 12.1 Å². The summed E-state index contributed by atoms with van der Waals surface area (Å²) in [6.45, 7) is 1.88. The second-order valence-corrected chi connectivity index (χ2v) is 6.76. The van der Waals surface area contributed by atoms with Crippen molar-refractivity contribution in [3.63, 3.8) is 0 Å². The van der Waals surface area contributed by atoms with Crippen LogP contribution in [0.2, 0.25) is 0 Å². The lowest BCUT2D eigenvalue weighted by Gasteiger charge is -2.29. The fourth-order valence-corrected chi connectivity index (χ4v) is 3.51. The zero-order valence-corrected chi connectivity index (χ0v) is 11.3. The molecular formula is C12H16F2N2O2S. The van der Waals surface area contributed by atoms with Crippen LogP contribution in [0, 0.1) is 17.6 Å². The second-order valence-electron chi connectivity index (χ2n) is 5.08. The maximum Gasteiger partial charge on any atom is 0.241 e. The van der Waals surface area contributed by atoms with Gasteiger partial charge in [-0.25, -0.2) is 21.9 Å². The van der Waals surface area contributed by atoms with E-state index in [-0.39, 0.29) is 17.4 Å². The van der Waals surface area contributed by atoms with E-state index in [9.17, 15) is 17.2 Å². The third kappa shape index (κ3) is 2.93. The van der Waals surface area contributed by atoms with Gasteiger partial charge in [-0.2, -0.15) is 0 Å². The molecule has 1 aliphatic carbocycles. The quantitative estimate of drug-likeness (QED) is 0.860. The van der Waals surface area contributed by atoms with Crippen molar-refractivity contribution in [3.8, 4) is 0 Å². The summed E-state index contributed by atoms with van der Waals surface area (Å²) in [4.78, 5) is -0.299. The highest BCUT2D eigenvalue weighted by atomic mass is 32.2. The summed E-state index contributed by atoms with van der Waals surface area (Å²) >= 11 is 0. The van der Waals surface area contributed by atoms with Gasteiger partial charge in [-0.15, -0.1) is 0 Å². The van der Waals surface area contributed by atoms with E-state index in [1.807, 2.05) is 0 Å². The highest BCUT2D eigenvalue weighted by Gasteiger charge is 2.43. The van der Waals surface area contributed by atoms with Crippen molar-refractivity contribution in [2.75, 3.05) is 6.54 Å². The molecule has 0 saturated heterocycles. The van der Waals surface area contributed by atoms with Gasteiger partial charge in [-0.1, -0.05) is 0 Å². The van der Waals surface area contributed by atoms with Gasteiger partial charge in [0.1, 0.15) is 0 Å². The fraction of sp³-hybridized carbons (Fsp3) is 0.500. The van der Waals surface area contributed by atoms with Gasteiger partial charge in [0.15, 0.2) is 11.6 Å². The Morgan fingerprint density at radius 3 is 2.47 bits per heavy atom. The summed E-state index contributed by atoms with van der Waals surface area (Å²) in [5.74, 6) is -2.08. The molecule has 0 radical (unpaired) electrons. The Hall–Kier alpha value is -1.05. The average Bonchev–Trinajstić information content (AvgIpc) is 3.16. The molecule has 106 valence electrons. The first-order valence-electron chi connectivity index (χ1n) is 5.97. The van der Waals surface area contributed by atoms with E-state index in [0.717, 1.165) is 25.0 Å². The molecule has 19 heavy (non-hydrogen) atoms. The molecule has 1 fully saturated rings. The summed E-state index contributed by atoms with van der Waals surface area (Å²) in [6, 6.07) is 2.49. The van der Waals surface area contributed by atoms with E-state index in [1.165, 1.54) is 0 Å². The van der Waals surface area contributed by atoms with Crippen molar-refractivity contribution in [2.45, 2.75) is 30.2 Å². The largest absolute Gasteiger partial charge is 0.329 e. The van der Waals surface area contributed by atoms with Crippen molar-refractivity contribution >= 4 is 10.0 Å². The van der Waals surface area contributed by atoms with Gasteiger partial charge in [0.25, 0.3) is 0 Å². The highest BCUT2D eigenvalue weighted by molar-refractivity contribution is 7.89. The van der Waals surface area contributed by atoms with Gasteiger partial charge in [0.05, 0.1) is 4.90 Å². The summed E-state index contributed by atoms with van der Waals surface area (Å²) in [5.41, 5.74) is 4.88. The Morgan fingerprint density at radius 2 is 2.00 bits per heavy atom. The molecule has 1 unspecified atom stereocenters. The van der Waals surface area contributed by atoms with Crippen molar-refractivity contribution in [3.05, 3.63) is 29.8 Å². The lowest BCUT2D eigenvalue weighted by Crippen LogP contribution is -2.52. The van der Waals surface area contributed by atoms with Crippen LogP contribution in [0.5, 0.6) is 0 Å². The van der Waals surface area contributed by atoms with Crippen LogP contribution in [-0.4, -0.2) is 20.5 Å². The zero-order valence-electron chi connectivity index (χ0n) is 10.5. The normalized spacial score (nSPS) is 19.2. The van der Waals surface area contributed by atoms with Gasteiger partial charge in [0.2, 0.25) is 10.0 Å². The Morgan fingerprint density at radius 1 is 1.37 bits per heavy atom. The van der Waals surface area contributed by atoms with Crippen LogP contribution in [0.25, 0.3) is 0 Å². The average molecular weight is 290 g/mol. The van der Waals surface area contributed by atoms with Crippen LogP contribution in [0.15, 0.2) is 23.1 Å². The SMILES string of the molecule is CC(CN)(NS(=O)(=O)c1ccc(F)c(F)c1)C1CC1. The number of rotatable bonds is 5. The number of benzene rings is 1. The van der Waals surface area contributed by atoms with Crippen LogP contribution in [0.4, 0.5) is 8.78 Å². The summed E-state index contributed by atoms with van der Waals surface area (Å²) < 4.78 is 52.7. The molecule has 3 N–H and O–H groups in total. The number of hydrogen-bond donors (Lipinski definition) is 2. The third-order valence-corrected chi connectivity index (χ3v) is 5.08. The molecule has 0 aliphatic heterocycles. The van der Waals surface area contributed by atoms with Gasteiger partial charge in [-0.05, 0) is 43.9 Å². The monoisotopic (exact) mass is 290 g/mol. The number of hydrogen-bond acceptors (Lipinski definition) is 3. The molecule has 0 amide bonds. The molecule has 1 saturated carbocycles. The Kier molecular flexibility index (Phi) is 3.63. The van der Waals surface area contributed by atoms with Gasteiger partial charge < -0.3 is 5.73 Å². The Balaban J connectivity index is 2.29. The highest BCUT2D eigenvalue weighted by Crippen LogP contribution is 2.39. The number of sulfonamides is 1. The lowest BCUT2D eigenvalue weighted by molar-refractivity contribution is 0.374. The maximum atomic E-state index is 13.1. The smallest absolute Gasteiger partial charge is 0.241 e. The number of halogens is 2. The first kappa shape index (κ1) is 14.4. The predicted molar refractivity (Wildman–Crippen MR) is 66.9 cm³/mol. The molecule has 1 atom stereocenters. The van der Waals surface area contributed by atoms with Crippen LogP contribution in [-0.2, 0) is 10.0 Å². The third-order valence-electron chi connectivity index (χ3n) is 3.47. The molecule has 1 aromatic rings. The van der Waals surface area contributed by atoms with Crippen molar-refractivity contribution in [2.24, 2.45) is 11.7 Å². The van der Waals surface area contributed by atoms with E-state index < -0.39 is 27.2 Å². The van der Waals surface area contributed by atoms with Crippen LogP contribution in [0.3, 0.4) is 0 Å². The Labute approximate surface area is 111 Å². The minimum absolute atomic E-state index is 0.153. The van der Waals surface area contributed by atoms with Crippen molar-refractivity contribution in [1.29, 1.82) is 0 Å². The minimum atomic E-state index is -3.91. The molecule has 0 heterocycles. The van der Waals surface area contributed by atoms with Crippen LogP contribution < -0.4 is 10.5 Å². The molecule has 4 nitrogen and oxygen atoms in total. The van der Waals surface area contributed by atoms with Crippen molar-refractivity contribution in [1.82, 2.24) is 4.72 Å². The molecule has 7 heteroatoms. The van der Waals surface area contributed by atoms with Crippen molar-refractivity contribution < 1.29 is 17.2 Å². The molecule has 0 spiro atoms. The first-order valence-corrected chi connectivity index (χ1v) is 7.46. The van der Waals surface area contributed by atoms with Crippen LogP contribution >= 0.6 is 0 Å². The predicted octanol–water partition coefficient (Wildman–Crippen LogP) is 1.37. The standard InChI is InChI=1S/C12H16F2N2O2S/c1-12(7-15,8-2-3-8)16-19(17,18)9-4-5-10(13)11(14)6-9/h4-6,8,16H,2-3,7,15H2,1H3. The molecular weight excluding hydrogens is 274 g/mol. The van der Waals surface area contributed by atoms with Crippen LogP contribution in [0.1, 0.15) is 19.8 Å². The second kappa shape index (κ2) is 4.81. The Bertz CT molecular complexity index is 587. The molecule has 0 bridgehead atoms. The topological polar surface area (TPSA) is 72.2 Å². The van der Waals surface area contributed by atoms with E-state index in [2.05, 4.69) is 4.72 Å². The van der Waals surface area contributed by atoms with E-state index in [4.69, 9.17) is 5.73 Å². The molecule has 1 aromatic carbocycles. The first-order chi connectivity index (χ1) is 8.78. The van der Waals surface area contributed by atoms with Gasteiger partial charge >= 0.3 is 0 Å². The van der Waals surface area contributed by atoms with E-state index in [0.29, 0.717) is 6.07 Å². The van der Waals surface area contributed by atoms with E-state index in [1.54, 1.807) is 6.92 Å². The summed E-state index contributed by atoms with van der Waals surface area (Å²) in [5, 5.41) is 0. The summed E-state index contributed by atoms with van der Waals surface area (Å²) in [7, 11) is -3.91. The minimum Gasteiger partial charge on any atom is -0.329 e. The summed E-state index contributed by atoms with van der Waals surface area (Å²) in [6.07, 6.45) is 1.82. The lowest BCUT2D eigenvalue weighted by atomic mass is 9.98. The number of nitrogens with two attached hydrogens (primary N) is 1. The molecule has 2 rings (SSSR count).